The average Bonchev–Trinajstić information content (AvgIpc) is 3.05. The number of para-hydroxylation sites is 1. The molecule has 112 valence electrons. The summed E-state index contributed by atoms with van der Waals surface area (Å²) in [6.07, 6.45) is 3.25. The van der Waals surface area contributed by atoms with E-state index in [0.717, 1.165) is 34.6 Å². The number of aromatic nitrogens is 3. The maximum absolute atomic E-state index is 4.08. The second-order valence-corrected chi connectivity index (χ2v) is 5.63. The summed E-state index contributed by atoms with van der Waals surface area (Å²) in [4.78, 5) is 3.93. The standard InChI is InChI=1S/C16H16BrN5/c17-15-7-6-14(21-13-4-2-1-3-5-13)10-16(15)19-8-9-22-12-18-11-20-22/h1-7,10-12,19,21H,8-9H2. The lowest BCUT2D eigenvalue weighted by atomic mass is 10.2. The van der Waals surface area contributed by atoms with Gasteiger partial charge in [0.1, 0.15) is 12.7 Å². The summed E-state index contributed by atoms with van der Waals surface area (Å²) in [5, 5.41) is 10.9. The van der Waals surface area contributed by atoms with Gasteiger partial charge in [0.05, 0.1) is 12.2 Å². The van der Waals surface area contributed by atoms with Crippen LogP contribution in [0.4, 0.5) is 17.1 Å². The number of rotatable bonds is 6. The van der Waals surface area contributed by atoms with E-state index >= 15 is 0 Å². The van der Waals surface area contributed by atoms with Crippen molar-refractivity contribution in [1.82, 2.24) is 14.8 Å². The predicted molar refractivity (Wildman–Crippen MR) is 92.4 cm³/mol. The maximum atomic E-state index is 4.08. The fourth-order valence-corrected chi connectivity index (χ4v) is 2.47. The number of benzene rings is 2. The number of nitrogens with zero attached hydrogens (tertiary/aromatic N) is 3. The van der Waals surface area contributed by atoms with E-state index in [4.69, 9.17) is 0 Å². The van der Waals surface area contributed by atoms with Gasteiger partial charge < -0.3 is 10.6 Å². The molecule has 0 saturated heterocycles. The van der Waals surface area contributed by atoms with Crippen LogP contribution in [0.2, 0.25) is 0 Å². The minimum atomic E-state index is 0.767. The molecule has 0 amide bonds. The minimum absolute atomic E-state index is 0.767. The topological polar surface area (TPSA) is 54.8 Å². The average molecular weight is 358 g/mol. The van der Waals surface area contributed by atoms with E-state index in [1.165, 1.54) is 0 Å². The molecule has 0 spiro atoms. The third kappa shape index (κ3) is 3.85. The first-order valence-electron chi connectivity index (χ1n) is 6.99. The normalized spacial score (nSPS) is 10.4. The van der Waals surface area contributed by atoms with E-state index in [9.17, 15) is 0 Å². The van der Waals surface area contributed by atoms with Gasteiger partial charge >= 0.3 is 0 Å². The highest BCUT2D eigenvalue weighted by molar-refractivity contribution is 9.10. The minimum Gasteiger partial charge on any atom is -0.382 e. The Kier molecular flexibility index (Phi) is 4.70. The molecule has 2 aromatic carbocycles. The number of nitrogens with one attached hydrogen (secondary N) is 2. The van der Waals surface area contributed by atoms with Crippen molar-refractivity contribution in [2.24, 2.45) is 0 Å². The molecule has 1 aromatic heterocycles. The van der Waals surface area contributed by atoms with Crippen LogP contribution in [0.1, 0.15) is 0 Å². The Labute approximate surface area is 137 Å². The van der Waals surface area contributed by atoms with Crippen LogP contribution in [-0.2, 0) is 6.54 Å². The molecule has 3 rings (SSSR count). The maximum Gasteiger partial charge on any atom is 0.137 e. The van der Waals surface area contributed by atoms with Gasteiger partial charge in [-0.3, -0.25) is 4.68 Å². The summed E-state index contributed by atoms with van der Waals surface area (Å²) in [6.45, 7) is 1.54. The van der Waals surface area contributed by atoms with Gasteiger partial charge in [0.25, 0.3) is 0 Å². The summed E-state index contributed by atoms with van der Waals surface area (Å²) < 4.78 is 2.83. The van der Waals surface area contributed by atoms with Crippen LogP contribution in [-0.4, -0.2) is 21.3 Å². The summed E-state index contributed by atoms with van der Waals surface area (Å²) in [5.74, 6) is 0. The predicted octanol–water partition coefficient (Wildman–Crippen LogP) is 3.90. The third-order valence-electron chi connectivity index (χ3n) is 3.15. The Morgan fingerprint density at radius 3 is 2.68 bits per heavy atom. The summed E-state index contributed by atoms with van der Waals surface area (Å²) in [5.41, 5.74) is 3.15. The van der Waals surface area contributed by atoms with Gasteiger partial charge in [-0.1, -0.05) is 18.2 Å². The zero-order valence-electron chi connectivity index (χ0n) is 11.9. The van der Waals surface area contributed by atoms with Crippen molar-refractivity contribution >= 4 is 33.0 Å². The van der Waals surface area contributed by atoms with Crippen molar-refractivity contribution in [2.45, 2.75) is 6.54 Å². The van der Waals surface area contributed by atoms with Gasteiger partial charge in [-0.2, -0.15) is 5.10 Å². The third-order valence-corrected chi connectivity index (χ3v) is 3.84. The highest BCUT2D eigenvalue weighted by atomic mass is 79.9. The highest BCUT2D eigenvalue weighted by Gasteiger charge is 2.02. The zero-order valence-corrected chi connectivity index (χ0v) is 13.5. The van der Waals surface area contributed by atoms with E-state index < -0.39 is 0 Å². The van der Waals surface area contributed by atoms with Crippen molar-refractivity contribution in [3.05, 3.63) is 65.7 Å². The summed E-state index contributed by atoms with van der Waals surface area (Å²) >= 11 is 3.57. The molecule has 6 heteroatoms. The Morgan fingerprint density at radius 2 is 1.91 bits per heavy atom. The van der Waals surface area contributed by atoms with E-state index in [-0.39, 0.29) is 0 Å². The van der Waals surface area contributed by atoms with E-state index in [2.05, 4.69) is 42.7 Å². The van der Waals surface area contributed by atoms with Gasteiger partial charge in [-0.05, 0) is 46.3 Å². The van der Waals surface area contributed by atoms with Gasteiger partial charge in [0.15, 0.2) is 0 Å². The lowest BCUT2D eigenvalue weighted by Gasteiger charge is -2.12. The molecular formula is C16H16BrN5. The van der Waals surface area contributed by atoms with Gasteiger partial charge in [0, 0.05) is 22.4 Å². The van der Waals surface area contributed by atoms with E-state index in [0.29, 0.717) is 0 Å². The second-order valence-electron chi connectivity index (χ2n) is 4.77. The highest BCUT2D eigenvalue weighted by Crippen LogP contribution is 2.27. The lowest BCUT2D eigenvalue weighted by Crippen LogP contribution is -2.11. The SMILES string of the molecule is Brc1ccc(Nc2ccccc2)cc1NCCn1cncn1. The Morgan fingerprint density at radius 1 is 1.05 bits per heavy atom. The largest absolute Gasteiger partial charge is 0.382 e. The molecule has 0 atom stereocenters. The van der Waals surface area contributed by atoms with Crippen molar-refractivity contribution in [3.8, 4) is 0 Å². The van der Waals surface area contributed by atoms with Crippen LogP contribution in [0, 0.1) is 0 Å². The molecule has 0 fully saturated rings. The molecule has 1 heterocycles. The first kappa shape index (κ1) is 14.6. The van der Waals surface area contributed by atoms with Crippen molar-refractivity contribution in [3.63, 3.8) is 0 Å². The van der Waals surface area contributed by atoms with E-state index in [1.54, 1.807) is 17.3 Å². The van der Waals surface area contributed by atoms with Crippen LogP contribution in [0.5, 0.6) is 0 Å². The van der Waals surface area contributed by atoms with Crippen LogP contribution < -0.4 is 10.6 Å². The van der Waals surface area contributed by atoms with Gasteiger partial charge in [0.2, 0.25) is 0 Å². The summed E-state index contributed by atoms with van der Waals surface area (Å²) in [6, 6.07) is 16.3. The summed E-state index contributed by atoms with van der Waals surface area (Å²) in [7, 11) is 0. The van der Waals surface area contributed by atoms with Crippen molar-refractivity contribution in [1.29, 1.82) is 0 Å². The molecule has 3 aromatic rings. The molecule has 0 aliphatic carbocycles. The molecule has 0 saturated carbocycles. The number of hydrogen-bond acceptors (Lipinski definition) is 4. The van der Waals surface area contributed by atoms with Crippen LogP contribution in [0.25, 0.3) is 0 Å². The monoisotopic (exact) mass is 357 g/mol. The lowest BCUT2D eigenvalue weighted by molar-refractivity contribution is 0.636. The quantitative estimate of drug-likeness (QED) is 0.702. The first-order valence-corrected chi connectivity index (χ1v) is 7.78. The molecule has 2 N–H and O–H groups in total. The molecule has 0 bridgehead atoms. The van der Waals surface area contributed by atoms with Crippen LogP contribution >= 0.6 is 15.9 Å². The molecule has 0 unspecified atom stereocenters. The first-order chi connectivity index (χ1) is 10.8. The molecule has 0 aliphatic heterocycles. The molecule has 5 nitrogen and oxygen atoms in total. The second kappa shape index (κ2) is 7.09. The molecule has 22 heavy (non-hydrogen) atoms. The van der Waals surface area contributed by atoms with Gasteiger partial charge in [-0.25, -0.2) is 4.98 Å². The van der Waals surface area contributed by atoms with Gasteiger partial charge in [-0.15, -0.1) is 0 Å². The Balaban J connectivity index is 1.64. The van der Waals surface area contributed by atoms with Crippen LogP contribution in [0.3, 0.4) is 0 Å². The fourth-order valence-electron chi connectivity index (χ4n) is 2.08. The van der Waals surface area contributed by atoms with Crippen molar-refractivity contribution in [2.75, 3.05) is 17.2 Å². The number of anilines is 3. The molecular weight excluding hydrogens is 342 g/mol. The smallest absolute Gasteiger partial charge is 0.137 e. The number of halogens is 1. The fraction of sp³-hybridized carbons (Fsp3) is 0.125. The molecule has 0 radical (unpaired) electrons. The Hall–Kier alpha value is -2.34. The molecule has 0 aliphatic rings. The van der Waals surface area contributed by atoms with E-state index in [1.807, 2.05) is 42.5 Å². The van der Waals surface area contributed by atoms with Crippen LogP contribution in [0.15, 0.2) is 65.7 Å². The number of hydrogen-bond donors (Lipinski definition) is 2. The van der Waals surface area contributed by atoms with Crippen molar-refractivity contribution < 1.29 is 0 Å². The zero-order chi connectivity index (χ0) is 15.2. The Bertz CT molecular complexity index is 713.